The molecule has 1 aromatic carbocycles. The molecule has 20 heavy (non-hydrogen) atoms. The van der Waals surface area contributed by atoms with E-state index in [1.54, 1.807) is 7.11 Å². The molecule has 5 heteroatoms. The maximum atomic E-state index is 12.1. The van der Waals surface area contributed by atoms with Crippen molar-refractivity contribution in [3.05, 3.63) is 34.9 Å². The van der Waals surface area contributed by atoms with Gasteiger partial charge in [0.05, 0.1) is 6.10 Å². The normalized spacial score (nSPS) is 17.7. The summed E-state index contributed by atoms with van der Waals surface area (Å²) in [6.07, 6.45) is 1.64. The Morgan fingerprint density at radius 3 is 2.90 bits per heavy atom. The highest BCUT2D eigenvalue weighted by Gasteiger charge is 2.21. The van der Waals surface area contributed by atoms with Crippen molar-refractivity contribution in [1.82, 2.24) is 10.6 Å². The number of amides is 1. The van der Waals surface area contributed by atoms with E-state index < -0.39 is 0 Å². The summed E-state index contributed by atoms with van der Waals surface area (Å²) in [7, 11) is 1.64. The number of methoxy groups -OCH3 is 1. The van der Waals surface area contributed by atoms with Crippen LogP contribution in [0.2, 0.25) is 5.02 Å². The molecule has 0 bridgehead atoms. The van der Waals surface area contributed by atoms with Gasteiger partial charge in [0.2, 0.25) is 5.91 Å². The first-order valence-electron chi connectivity index (χ1n) is 6.97. The number of carbonyl (C=O) groups is 1. The average Bonchev–Trinajstić information content (AvgIpc) is 2.48. The third-order valence-corrected chi connectivity index (χ3v) is 3.91. The van der Waals surface area contributed by atoms with Crippen molar-refractivity contribution in [2.75, 3.05) is 26.7 Å². The first kappa shape index (κ1) is 15.3. The van der Waals surface area contributed by atoms with E-state index in [2.05, 4.69) is 10.6 Å². The van der Waals surface area contributed by atoms with Gasteiger partial charge in [0.15, 0.2) is 0 Å². The fourth-order valence-electron chi connectivity index (χ4n) is 2.47. The van der Waals surface area contributed by atoms with Gasteiger partial charge in [0.1, 0.15) is 0 Å². The first-order valence-corrected chi connectivity index (χ1v) is 7.35. The Morgan fingerprint density at radius 1 is 1.50 bits per heavy atom. The second-order valence-electron chi connectivity index (χ2n) is 5.05. The molecule has 1 heterocycles. The molecule has 1 fully saturated rings. The Bertz CT molecular complexity index is 447. The summed E-state index contributed by atoms with van der Waals surface area (Å²) in [5.41, 5.74) is 0.977. The summed E-state index contributed by atoms with van der Waals surface area (Å²) in [5.74, 6) is 0.240. The van der Waals surface area contributed by atoms with Crippen molar-refractivity contribution < 1.29 is 9.53 Å². The molecule has 1 aliphatic heterocycles. The van der Waals surface area contributed by atoms with Crippen molar-refractivity contribution in [1.29, 1.82) is 0 Å². The lowest BCUT2D eigenvalue weighted by Gasteiger charge is -2.23. The SMILES string of the molecule is COC(CNC(=O)C1CCNCC1)c1cccc(Cl)c1. The lowest BCUT2D eigenvalue weighted by Crippen LogP contribution is -2.39. The Hall–Kier alpha value is -1.10. The average molecular weight is 297 g/mol. The monoisotopic (exact) mass is 296 g/mol. The maximum absolute atomic E-state index is 12.1. The second kappa shape index (κ2) is 7.62. The molecule has 0 aliphatic carbocycles. The summed E-state index contributed by atoms with van der Waals surface area (Å²) in [6.45, 7) is 2.31. The molecule has 0 saturated carbocycles. The van der Waals surface area contributed by atoms with Gasteiger partial charge in [-0.1, -0.05) is 23.7 Å². The van der Waals surface area contributed by atoms with Crippen LogP contribution in [-0.2, 0) is 9.53 Å². The molecule has 1 atom stereocenters. The van der Waals surface area contributed by atoms with Crippen molar-refractivity contribution in [2.45, 2.75) is 18.9 Å². The number of hydrogen-bond donors (Lipinski definition) is 2. The van der Waals surface area contributed by atoms with Gasteiger partial charge in [-0.15, -0.1) is 0 Å². The van der Waals surface area contributed by atoms with E-state index in [0.717, 1.165) is 31.5 Å². The number of piperidine rings is 1. The highest BCUT2D eigenvalue weighted by atomic mass is 35.5. The minimum atomic E-state index is -0.167. The van der Waals surface area contributed by atoms with Crippen LogP contribution in [0.3, 0.4) is 0 Å². The van der Waals surface area contributed by atoms with Crippen molar-refractivity contribution >= 4 is 17.5 Å². The first-order chi connectivity index (χ1) is 9.70. The predicted molar refractivity (Wildman–Crippen MR) is 79.8 cm³/mol. The van der Waals surface area contributed by atoms with Crippen LogP contribution < -0.4 is 10.6 Å². The second-order valence-corrected chi connectivity index (χ2v) is 5.49. The van der Waals surface area contributed by atoms with Gasteiger partial charge < -0.3 is 15.4 Å². The van der Waals surface area contributed by atoms with Gasteiger partial charge in [-0.3, -0.25) is 4.79 Å². The quantitative estimate of drug-likeness (QED) is 0.875. The van der Waals surface area contributed by atoms with E-state index in [0.29, 0.717) is 11.6 Å². The molecular weight excluding hydrogens is 276 g/mol. The summed E-state index contributed by atoms with van der Waals surface area (Å²) < 4.78 is 5.44. The number of nitrogens with one attached hydrogen (secondary N) is 2. The molecule has 4 nitrogen and oxygen atoms in total. The highest BCUT2D eigenvalue weighted by Crippen LogP contribution is 2.20. The Balaban J connectivity index is 1.88. The van der Waals surface area contributed by atoms with Gasteiger partial charge in [0.25, 0.3) is 0 Å². The number of rotatable bonds is 5. The van der Waals surface area contributed by atoms with E-state index in [1.807, 2.05) is 24.3 Å². The fourth-order valence-corrected chi connectivity index (χ4v) is 2.66. The van der Waals surface area contributed by atoms with E-state index in [1.165, 1.54) is 0 Å². The maximum Gasteiger partial charge on any atom is 0.223 e. The molecule has 0 spiro atoms. The third kappa shape index (κ3) is 4.20. The van der Waals surface area contributed by atoms with E-state index in [4.69, 9.17) is 16.3 Å². The van der Waals surface area contributed by atoms with E-state index >= 15 is 0 Å². The van der Waals surface area contributed by atoms with Gasteiger partial charge in [-0.25, -0.2) is 0 Å². The number of ether oxygens (including phenoxy) is 1. The minimum Gasteiger partial charge on any atom is -0.375 e. The molecule has 0 radical (unpaired) electrons. The molecule has 1 aromatic rings. The molecule has 1 saturated heterocycles. The van der Waals surface area contributed by atoms with Crippen molar-refractivity contribution in [3.8, 4) is 0 Å². The Labute approximate surface area is 124 Å². The lowest BCUT2D eigenvalue weighted by molar-refractivity contribution is -0.126. The van der Waals surface area contributed by atoms with Crippen molar-refractivity contribution in [3.63, 3.8) is 0 Å². The molecule has 1 amide bonds. The fraction of sp³-hybridized carbons (Fsp3) is 0.533. The molecule has 110 valence electrons. The molecular formula is C15H21ClN2O2. The highest BCUT2D eigenvalue weighted by molar-refractivity contribution is 6.30. The van der Waals surface area contributed by atoms with Gasteiger partial charge in [0, 0.05) is 24.6 Å². The summed E-state index contributed by atoms with van der Waals surface area (Å²) in [6, 6.07) is 7.53. The Kier molecular flexibility index (Phi) is 5.83. The smallest absolute Gasteiger partial charge is 0.223 e. The lowest BCUT2D eigenvalue weighted by atomic mass is 9.97. The number of benzene rings is 1. The molecule has 1 aliphatic rings. The largest absolute Gasteiger partial charge is 0.375 e. The van der Waals surface area contributed by atoms with Gasteiger partial charge in [-0.2, -0.15) is 0 Å². The Morgan fingerprint density at radius 2 is 2.25 bits per heavy atom. The number of carbonyl (C=O) groups excluding carboxylic acids is 1. The van der Waals surface area contributed by atoms with Crippen LogP contribution in [-0.4, -0.2) is 32.7 Å². The van der Waals surface area contributed by atoms with Crippen LogP contribution in [0.15, 0.2) is 24.3 Å². The predicted octanol–water partition coefficient (Wildman–Crippen LogP) is 2.14. The number of halogens is 1. The zero-order valence-electron chi connectivity index (χ0n) is 11.7. The summed E-state index contributed by atoms with van der Waals surface area (Å²) in [4.78, 5) is 12.1. The van der Waals surface area contributed by atoms with E-state index in [9.17, 15) is 4.79 Å². The zero-order chi connectivity index (χ0) is 14.4. The summed E-state index contributed by atoms with van der Waals surface area (Å²) in [5, 5.41) is 6.92. The molecule has 2 rings (SSSR count). The van der Waals surface area contributed by atoms with Crippen LogP contribution >= 0.6 is 11.6 Å². The standard InChI is InChI=1S/C15H21ClN2O2/c1-20-14(12-3-2-4-13(16)9-12)10-18-15(19)11-5-7-17-8-6-11/h2-4,9,11,14,17H,5-8,10H2,1H3,(H,18,19). The van der Waals surface area contributed by atoms with Crippen LogP contribution in [0.4, 0.5) is 0 Å². The molecule has 1 unspecified atom stereocenters. The summed E-state index contributed by atoms with van der Waals surface area (Å²) >= 11 is 5.98. The third-order valence-electron chi connectivity index (χ3n) is 3.68. The zero-order valence-corrected chi connectivity index (χ0v) is 12.5. The molecule has 0 aromatic heterocycles. The topological polar surface area (TPSA) is 50.4 Å². The van der Waals surface area contributed by atoms with Crippen molar-refractivity contribution in [2.24, 2.45) is 5.92 Å². The van der Waals surface area contributed by atoms with Crippen LogP contribution in [0.25, 0.3) is 0 Å². The molecule has 2 N–H and O–H groups in total. The van der Waals surface area contributed by atoms with Gasteiger partial charge >= 0.3 is 0 Å². The number of hydrogen-bond acceptors (Lipinski definition) is 3. The van der Waals surface area contributed by atoms with E-state index in [-0.39, 0.29) is 17.9 Å². The minimum absolute atomic E-state index is 0.119. The van der Waals surface area contributed by atoms with Crippen LogP contribution in [0.5, 0.6) is 0 Å². The van der Waals surface area contributed by atoms with Crippen LogP contribution in [0, 0.1) is 5.92 Å². The van der Waals surface area contributed by atoms with Crippen LogP contribution in [0.1, 0.15) is 24.5 Å². The van der Waals surface area contributed by atoms with Gasteiger partial charge in [-0.05, 0) is 43.6 Å².